The first-order valence-electron chi connectivity index (χ1n) is 7.88. The molecule has 1 unspecified atom stereocenters. The highest BCUT2D eigenvalue weighted by Gasteiger charge is 2.32. The summed E-state index contributed by atoms with van der Waals surface area (Å²) >= 11 is 0. The van der Waals surface area contributed by atoms with Gasteiger partial charge in [-0.15, -0.1) is 0 Å². The smallest absolute Gasteiger partial charge is 0.257 e. The van der Waals surface area contributed by atoms with Gasteiger partial charge in [-0.2, -0.15) is 4.31 Å². The van der Waals surface area contributed by atoms with Gasteiger partial charge in [-0.3, -0.25) is 0 Å². The van der Waals surface area contributed by atoms with E-state index in [-0.39, 0.29) is 11.9 Å². The van der Waals surface area contributed by atoms with Crippen molar-refractivity contribution < 1.29 is 17.9 Å². The molecule has 2 saturated heterocycles. The van der Waals surface area contributed by atoms with Gasteiger partial charge < -0.3 is 14.4 Å². The number of morpholine rings is 1. The van der Waals surface area contributed by atoms with Crippen LogP contribution >= 0.6 is 0 Å². The molecule has 1 aromatic rings. The van der Waals surface area contributed by atoms with Gasteiger partial charge in [0.15, 0.2) is 5.82 Å². The standard InChI is InChI=1S/C14H22N4O4S/c1-2-23(19,20)18-6-3-12(11-18)22-14-13(15-4-5-16-14)17-7-9-21-10-8-17/h4-5,12H,2-3,6-11H2,1H3. The molecule has 0 spiro atoms. The molecule has 0 amide bonds. The monoisotopic (exact) mass is 342 g/mol. The van der Waals surface area contributed by atoms with Crippen LogP contribution in [0, 0.1) is 0 Å². The fourth-order valence-electron chi connectivity index (χ4n) is 2.78. The molecule has 0 aromatic carbocycles. The van der Waals surface area contributed by atoms with Crippen LogP contribution in [0.25, 0.3) is 0 Å². The Morgan fingerprint density at radius 2 is 2.00 bits per heavy atom. The van der Waals surface area contributed by atoms with Gasteiger partial charge in [0.1, 0.15) is 6.10 Å². The predicted molar refractivity (Wildman–Crippen MR) is 85.1 cm³/mol. The van der Waals surface area contributed by atoms with Crippen LogP contribution in [-0.2, 0) is 14.8 Å². The van der Waals surface area contributed by atoms with Crippen LogP contribution in [0.2, 0.25) is 0 Å². The van der Waals surface area contributed by atoms with Crippen molar-refractivity contribution in [3.8, 4) is 5.88 Å². The lowest BCUT2D eigenvalue weighted by Crippen LogP contribution is -2.37. The number of aromatic nitrogens is 2. The van der Waals surface area contributed by atoms with Gasteiger partial charge in [-0.25, -0.2) is 18.4 Å². The molecule has 2 aliphatic heterocycles. The molecule has 0 bridgehead atoms. The second kappa shape index (κ2) is 6.98. The summed E-state index contributed by atoms with van der Waals surface area (Å²) in [5.74, 6) is 1.28. The first kappa shape index (κ1) is 16.4. The average Bonchev–Trinajstić information content (AvgIpc) is 3.06. The van der Waals surface area contributed by atoms with Crippen LogP contribution in [0.4, 0.5) is 5.82 Å². The Kier molecular flexibility index (Phi) is 4.98. The molecule has 1 aromatic heterocycles. The number of anilines is 1. The van der Waals surface area contributed by atoms with E-state index in [1.807, 2.05) is 0 Å². The fraction of sp³-hybridized carbons (Fsp3) is 0.714. The van der Waals surface area contributed by atoms with Crippen molar-refractivity contribution in [3.63, 3.8) is 0 Å². The molecule has 23 heavy (non-hydrogen) atoms. The Hall–Kier alpha value is -1.45. The largest absolute Gasteiger partial charge is 0.470 e. The zero-order chi connectivity index (χ0) is 16.3. The summed E-state index contributed by atoms with van der Waals surface area (Å²) in [4.78, 5) is 10.8. The number of rotatable bonds is 5. The zero-order valence-corrected chi connectivity index (χ0v) is 14.0. The van der Waals surface area contributed by atoms with Crippen molar-refractivity contribution in [2.75, 3.05) is 50.0 Å². The number of nitrogens with zero attached hydrogens (tertiary/aromatic N) is 4. The number of hydrogen-bond donors (Lipinski definition) is 0. The van der Waals surface area contributed by atoms with Crippen molar-refractivity contribution >= 4 is 15.8 Å². The van der Waals surface area contributed by atoms with Gasteiger partial charge in [0, 0.05) is 32.0 Å². The Morgan fingerprint density at radius 1 is 1.26 bits per heavy atom. The maximum absolute atomic E-state index is 11.9. The third kappa shape index (κ3) is 3.73. The molecular formula is C14H22N4O4S. The SMILES string of the molecule is CCS(=O)(=O)N1CCC(Oc2nccnc2N2CCOCC2)C1. The molecule has 128 valence electrons. The van der Waals surface area contributed by atoms with Crippen molar-refractivity contribution in [1.82, 2.24) is 14.3 Å². The van der Waals surface area contributed by atoms with E-state index in [9.17, 15) is 8.42 Å². The van der Waals surface area contributed by atoms with Crippen LogP contribution < -0.4 is 9.64 Å². The summed E-state index contributed by atoms with van der Waals surface area (Å²) in [6.07, 6.45) is 3.71. The lowest BCUT2D eigenvalue weighted by atomic mass is 10.3. The van der Waals surface area contributed by atoms with E-state index in [1.54, 1.807) is 19.3 Å². The van der Waals surface area contributed by atoms with Crippen LogP contribution in [-0.4, -0.2) is 73.9 Å². The third-order valence-electron chi connectivity index (χ3n) is 4.10. The normalized spacial score (nSPS) is 23.2. The summed E-state index contributed by atoms with van der Waals surface area (Å²) in [7, 11) is -3.16. The zero-order valence-electron chi connectivity index (χ0n) is 13.2. The predicted octanol–water partition coefficient (Wildman–Crippen LogP) is 0.116. The number of hydrogen-bond acceptors (Lipinski definition) is 7. The summed E-state index contributed by atoms with van der Waals surface area (Å²) in [6, 6.07) is 0. The van der Waals surface area contributed by atoms with E-state index >= 15 is 0 Å². The summed E-state index contributed by atoms with van der Waals surface area (Å²) in [5.41, 5.74) is 0. The van der Waals surface area contributed by atoms with Crippen molar-refractivity contribution in [1.29, 1.82) is 0 Å². The maximum atomic E-state index is 11.9. The number of ether oxygens (including phenoxy) is 2. The minimum Gasteiger partial charge on any atom is -0.470 e. The van der Waals surface area contributed by atoms with Crippen molar-refractivity contribution in [2.45, 2.75) is 19.4 Å². The fourth-order valence-corrected chi connectivity index (χ4v) is 3.92. The highest BCUT2D eigenvalue weighted by molar-refractivity contribution is 7.89. The molecule has 9 heteroatoms. The quantitative estimate of drug-likeness (QED) is 0.751. The Balaban J connectivity index is 1.69. The minimum atomic E-state index is -3.16. The van der Waals surface area contributed by atoms with Gasteiger partial charge in [0.25, 0.3) is 5.88 Å². The number of sulfonamides is 1. The first-order chi connectivity index (χ1) is 11.1. The molecule has 3 heterocycles. The molecule has 8 nitrogen and oxygen atoms in total. The van der Waals surface area contributed by atoms with Crippen LogP contribution in [0.15, 0.2) is 12.4 Å². The summed E-state index contributed by atoms with van der Waals surface area (Å²) < 4.78 is 36.7. The van der Waals surface area contributed by atoms with Gasteiger partial charge in [0.05, 0.1) is 25.5 Å². The van der Waals surface area contributed by atoms with Crippen molar-refractivity contribution in [3.05, 3.63) is 12.4 Å². The summed E-state index contributed by atoms with van der Waals surface area (Å²) in [6.45, 7) is 5.32. The van der Waals surface area contributed by atoms with Gasteiger partial charge in [0.2, 0.25) is 10.0 Å². The average molecular weight is 342 g/mol. The van der Waals surface area contributed by atoms with Crippen LogP contribution in [0.3, 0.4) is 0 Å². The molecule has 0 saturated carbocycles. The van der Waals surface area contributed by atoms with E-state index in [4.69, 9.17) is 9.47 Å². The highest BCUT2D eigenvalue weighted by Crippen LogP contribution is 2.27. The van der Waals surface area contributed by atoms with Gasteiger partial charge >= 0.3 is 0 Å². The van der Waals surface area contributed by atoms with E-state index < -0.39 is 10.0 Å². The van der Waals surface area contributed by atoms with E-state index in [1.165, 1.54) is 4.31 Å². The van der Waals surface area contributed by atoms with Crippen molar-refractivity contribution in [2.24, 2.45) is 0 Å². The highest BCUT2D eigenvalue weighted by atomic mass is 32.2. The van der Waals surface area contributed by atoms with Gasteiger partial charge in [-0.1, -0.05) is 0 Å². The minimum absolute atomic E-state index is 0.115. The molecular weight excluding hydrogens is 320 g/mol. The first-order valence-corrected chi connectivity index (χ1v) is 9.49. The molecule has 0 N–H and O–H groups in total. The Morgan fingerprint density at radius 3 is 2.74 bits per heavy atom. The van der Waals surface area contributed by atoms with E-state index in [0.717, 1.165) is 13.1 Å². The molecule has 3 rings (SSSR count). The maximum Gasteiger partial charge on any atom is 0.257 e. The molecule has 0 radical (unpaired) electrons. The topological polar surface area (TPSA) is 84.9 Å². The Bertz CT molecular complexity index is 633. The van der Waals surface area contributed by atoms with Gasteiger partial charge in [-0.05, 0) is 13.3 Å². The van der Waals surface area contributed by atoms with Crippen LogP contribution in [0.5, 0.6) is 5.88 Å². The molecule has 2 aliphatic rings. The second-order valence-corrected chi connectivity index (χ2v) is 7.83. The summed E-state index contributed by atoms with van der Waals surface area (Å²) in [5, 5.41) is 0. The van der Waals surface area contributed by atoms with E-state index in [2.05, 4.69) is 14.9 Å². The van der Waals surface area contributed by atoms with Crippen LogP contribution in [0.1, 0.15) is 13.3 Å². The van der Waals surface area contributed by atoms with E-state index in [0.29, 0.717) is 44.4 Å². The molecule has 0 aliphatic carbocycles. The molecule has 2 fully saturated rings. The third-order valence-corrected chi connectivity index (χ3v) is 5.95. The lowest BCUT2D eigenvalue weighted by molar-refractivity contribution is 0.121. The second-order valence-electron chi connectivity index (χ2n) is 5.57. The Labute approximate surface area is 136 Å². The molecule has 1 atom stereocenters. The lowest BCUT2D eigenvalue weighted by Gasteiger charge is -2.29.